The highest BCUT2D eigenvalue weighted by Gasteiger charge is 2.36. The van der Waals surface area contributed by atoms with Crippen molar-refractivity contribution >= 4 is 22.5 Å². The monoisotopic (exact) mass is 359 g/mol. The number of carbonyl (C=O) groups excluding carboxylic acids is 1. The Kier molecular flexibility index (Phi) is 3.74. The second kappa shape index (κ2) is 6.27. The van der Waals surface area contributed by atoms with E-state index in [4.69, 9.17) is 0 Å². The topological polar surface area (TPSA) is 54.3 Å². The average Bonchev–Trinajstić information content (AvgIpc) is 2.69. The van der Waals surface area contributed by atoms with Crippen molar-refractivity contribution in [2.24, 2.45) is 5.92 Å². The number of nitrogens with one attached hydrogen (secondary N) is 1. The Morgan fingerprint density at radius 2 is 1.74 bits per heavy atom. The molecule has 2 bridgehead atoms. The molecule has 5 nitrogen and oxygen atoms in total. The minimum Gasteiger partial charge on any atom is -0.324 e. The van der Waals surface area contributed by atoms with Crippen LogP contribution in [0.25, 0.3) is 10.8 Å². The Morgan fingerprint density at radius 1 is 0.926 bits per heavy atom. The molecule has 1 N–H and O–H groups in total. The van der Waals surface area contributed by atoms with E-state index in [0.717, 1.165) is 28.6 Å². The van der Waals surface area contributed by atoms with Crippen LogP contribution in [0.5, 0.6) is 0 Å². The number of fused-ring (bicyclic) bond motifs is 5. The van der Waals surface area contributed by atoms with Gasteiger partial charge < -0.3 is 14.8 Å². The zero-order chi connectivity index (χ0) is 18.4. The number of hydrogen-bond donors (Lipinski definition) is 1. The highest BCUT2D eigenvalue weighted by molar-refractivity contribution is 6.01. The molecule has 0 aliphatic carbocycles. The number of hydrogen-bond acceptors (Lipinski definition) is 2. The van der Waals surface area contributed by atoms with Crippen LogP contribution in [0.1, 0.15) is 18.0 Å². The fourth-order valence-electron chi connectivity index (χ4n) is 4.59. The van der Waals surface area contributed by atoms with Crippen molar-refractivity contribution in [3.05, 3.63) is 76.7 Å². The number of aromatic nitrogens is 1. The van der Waals surface area contributed by atoms with Gasteiger partial charge in [-0.3, -0.25) is 4.79 Å². The largest absolute Gasteiger partial charge is 0.324 e. The van der Waals surface area contributed by atoms with Crippen LogP contribution in [-0.2, 0) is 6.54 Å². The standard InChI is InChI=1S/C22H21N3O2/c26-21-10-4-9-20-17-11-15(13-25(20)21)12-24(14-17)22(27)23-19-8-3-6-16-5-1-2-7-18(16)19/h1-10,15,17H,11-14H2,(H,23,27)/t15-,17+/m0/s1. The molecule has 2 amide bonds. The lowest BCUT2D eigenvalue weighted by Gasteiger charge is -2.42. The molecule has 136 valence electrons. The molecule has 0 spiro atoms. The maximum absolute atomic E-state index is 13.0. The summed E-state index contributed by atoms with van der Waals surface area (Å²) in [6, 6.07) is 19.4. The Labute approximate surface area is 157 Å². The van der Waals surface area contributed by atoms with E-state index >= 15 is 0 Å². The van der Waals surface area contributed by atoms with Gasteiger partial charge in [0.25, 0.3) is 5.56 Å². The molecule has 5 rings (SSSR count). The van der Waals surface area contributed by atoms with Crippen LogP contribution in [-0.4, -0.2) is 28.6 Å². The predicted molar refractivity (Wildman–Crippen MR) is 106 cm³/mol. The van der Waals surface area contributed by atoms with Crippen molar-refractivity contribution in [3.8, 4) is 0 Å². The number of benzene rings is 2. The number of likely N-dealkylation sites (tertiary alicyclic amines) is 1. The van der Waals surface area contributed by atoms with Gasteiger partial charge >= 0.3 is 6.03 Å². The zero-order valence-corrected chi connectivity index (χ0v) is 15.0. The summed E-state index contributed by atoms with van der Waals surface area (Å²) in [5, 5.41) is 5.25. The lowest BCUT2D eigenvalue weighted by atomic mass is 9.83. The molecular weight excluding hydrogens is 338 g/mol. The van der Waals surface area contributed by atoms with Gasteiger partial charge in [-0.2, -0.15) is 0 Å². The third-order valence-corrected chi connectivity index (χ3v) is 5.80. The average molecular weight is 359 g/mol. The molecule has 1 fully saturated rings. The van der Waals surface area contributed by atoms with Crippen molar-refractivity contribution in [2.45, 2.75) is 18.9 Å². The number of anilines is 1. The summed E-state index contributed by atoms with van der Waals surface area (Å²) in [6.45, 7) is 2.04. The molecule has 0 radical (unpaired) electrons. The predicted octanol–water partition coefficient (Wildman–Crippen LogP) is 3.65. The lowest BCUT2D eigenvalue weighted by Crippen LogP contribution is -2.50. The van der Waals surface area contributed by atoms with Crippen LogP contribution in [0, 0.1) is 5.92 Å². The van der Waals surface area contributed by atoms with Crippen molar-refractivity contribution in [2.75, 3.05) is 18.4 Å². The number of pyridine rings is 1. The van der Waals surface area contributed by atoms with Crippen molar-refractivity contribution in [1.82, 2.24) is 9.47 Å². The number of urea groups is 1. The van der Waals surface area contributed by atoms with Gasteiger partial charge in [0.2, 0.25) is 0 Å². The summed E-state index contributed by atoms with van der Waals surface area (Å²) < 4.78 is 1.89. The molecule has 5 heteroatoms. The highest BCUT2D eigenvalue weighted by Crippen LogP contribution is 2.35. The molecule has 2 aliphatic rings. The van der Waals surface area contributed by atoms with E-state index in [1.54, 1.807) is 6.07 Å². The molecule has 1 aromatic heterocycles. The normalized spacial score (nSPS) is 21.0. The summed E-state index contributed by atoms with van der Waals surface area (Å²) in [5.41, 5.74) is 1.96. The second-order valence-electron chi connectivity index (χ2n) is 7.56. The van der Waals surface area contributed by atoms with E-state index in [0.29, 0.717) is 25.6 Å². The van der Waals surface area contributed by atoms with Crippen molar-refractivity contribution in [1.29, 1.82) is 0 Å². The third-order valence-electron chi connectivity index (χ3n) is 5.80. The minimum absolute atomic E-state index is 0.0622. The number of piperidine rings is 1. The van der Waals surface area contributed by atoms with E-state index in [1.165, 1.54) is 0 Å². The van der Waals surface area contributed by atoms with Crippen LogP contribution in [0.4, 0.5) is 10.5 Å². The summed E-state index contributed by atoms with van der Waals surface area (Å²) in [6.07, 6.45) is 1.04. The van der Waals surface area contributed by atoms with E-state index < -0.39 is 0 Å². The van der Waals surface area contributed by atoms with E-state index in [2.05, 4.69) is 5.32 Å². The highest BCUT2D eigenvalue weighted by atomic mass is 16.2. The van der Waals surface area contributed by atoms with Gasteiger partial charge in [-0.05, 0) is 29.9 Å². The van der Waals surface area contributed by atoms with E-state index in [9.17, 15) is 9.59 Å². The number of amides is 2. The fourth-order valence-corrected chi connectivity index (χ4v) is 4.59. The van der Waals surface area contributed by atoms with Gasteiger partial charge in [0, 0.05) is 42.7 Å². The smallest absolute Gasteiger partial charge is 0.321 e. The zero-order valence-electron chi connectivity index (χ0n) is 15.0. The SMILES string of the molecule is O=C(Nc1cccc2ccccc12)N1C[C@@H]2C[C@H](C1)c1cccc(=O)n1C2. The van der Waals surface area contributed by atoms with Crippen LogP contribution in [0.3, 0.4) is 0 Å². The summed E-state index contributed by atoms with van der Waals surface area (Å²) in [5.74, 6) is 0.555. The molecular formula is C22H21N3O2. The first-order valence-corrected chi connectivity index (χ1v) is 9.42. The van der Waals surface area contributed by atoms with Gasteiger partial charge in [0.1, 0.15) is 0 Å². The van der Waals surface area contributed by atoms with Gasteiger partial charge in [0.05, 0.1) is 5.69 Å². The van der Waals surface area contributed by atoms with Crippen LogP contribution in [0.2, 0.25) is 0 Å². The lowest BCUT2D eigenvalue weighted by molar-refractivity contribution is 0.139. The quantitative estimate of drug-likeness (QED) is 0.721. The molecule has 0 saturated carbocycles. The van der Waals surface area contributed by atoms with Gasteiger partial charge in [0.15, 0.2) is 0 Å². The van der Waals surface area contributed by atoms with Crippen LogP contribution in [0.15, 0.2) is 65.5 Å². The first-order valence-electron chi connectivity index (χ1n) is 9.42. The maximum Gasteiger partial charge on any atom is 0.321 e. The number of nitrogens with zero attached hydrogens (tertiary/aromatic N) is 2. The molecule has 3 heterocycles. The fraction of sp³-hybridized carbons (Fsp3) is 0.273. The molecule has 2 aromatic carbocycles. The Hall–Kier alpha value is -3.08. The molecule has 2 atom stereocenters. The third kappa shape index (κ3) is 2.79. The molecule has 2 aliphatic heterocycles. The summed E-state index contributed by atoms with van der Waals surface area (Å²) in [7, 11) is 0. The second-order valence-corrected chi connectivity index (χ2v) is 7.56. The van der Waals surface area contributed by atoms with Gasteiger partial charge in [-0.1, -0.05) is 42.5 Å². The maximum atomic E-state index is 13.0. The Bertz CT molecular complexity index is 1080. The minimum atomic E-state index is -0.0622. The summed E-state index contributed by atoms with van der Waals surface area (Å²) in [4.78, 5) is 27.0. The first kappa shape index (κ1) is 16.1. The van der Waals surface area contributed by atoms with Crippen molar-refractivity contribution in [3.63, 3.8) is 0 Å². The Balaban J connectivity index is 1.40. The summed E-state index contributed by atoms with van der Waals surface area (Å²) >= 11 is 0. The van der Waals surface area contributed by atoms with Gasteiger partial charge in [-0.25, -0.2) is 4.79 Å². The molecule has 27 heavy (non-hydrogen) atoms. The first-order chi connectivity index (χ1) is 13.2. The number of carbonyl (C=O) groups is 1. The molecule has 0 unspecified atom stereocenters. The van der Waals surface area contributed by atoms with E-state index in [1.807, 2.05) is 64.1 Å². The van der Waals surface area contributed by atoms with E-state index in [-0.39, 0.29) is 17.5 Å². The van der Waals surface area contributed by atoms with Crippen LogP contribution < -0.4 is 10.9 Å². The van der Waals surface area contributed by atoms with Crippen molar-refractivity contribution < 1.29 is 4.79 Å². The molecule has 3 aromatic rings. The van der Waals surface area contributed by atoms with Crippen LogP contribution >= 0.6 is 0 Å². The Morgan fingerprint density at radius 3 is 2.67 bits per heavy atom. The molecule has 1 saturated heterocycles. The number of rotatable bonds is 1. The van der Waals surface area contributed by atoms with Gasteiger partial charge in [-0.15, -0.1) is 0 Å².